The number of rotatable bonds is 2. The van der Waals surface area contributed by atoms with Crippen molar-refractivity contribution in [3.63, 3.8) is 0 Å². The number of anilines is 1. The Kier molecular flexibility index (Phi) is 3.62. The first-order valence-corrected chi connectivity index (χ1v) is 7.23. The van der Waals surface area contributed by atoms with Gasteiger partial charge in [-0.2, -0.15) is 5.10 Å². The maximum Gasteiger partial charge on any atom is 0.251 e. The first-order valence-electron chi connectivity index (χ1n) is 6.85. The Hall–Kier alpha value is -2.34. The Labute approximate surface area is 132 Å². The summed E-state index contributed by atoms with van der Waals surface area (Å²) in [7, 11) is 1.78. The minimum atomic E-state index is -0.612. The number of benzene rings is 1. The topological polar surface area (TPSA) is 76.0 Å². The van der Waals surface area contributed by atoms with Crippen molar-refractivity contribution in [2.75, 3.05) is 5.32 Å². The Bertz CT molecular complexity index is 752. The Morgan fingerprint density at radius 2 is 2.09 bits per heavy atom. The summed E-state index contributed by atoms with van der Waals surface area (Å²) in [4.78, 5) is 24.4. The Morgan fingerprint density at radius 1 is 1.41 bits per heavy atom. The van der Waals surface area contributed by atoms with Gasteiger partial charge in [0.25, 0.3) is 5.91 Å². The molecular formula is C15H15ClN4O2. The van der Waals surface area contributed by atoms with Gasteiger partial charge in [0.15, 0.2) is 0 Å². The Balaban J connectivity index is 1.78. The van der Waals surface area contributed by atoms with Gasteiger partial charge < -0.3 is 10.6 Å². The summed E-state index contributed by atoms with van der Waals surface area (Å²) < 4.78 is 1.64. The second-order valence-corrected chi connectivity index (χ2v) is 5.70. The molecule has 6 nitrogen and oxygen atoms in total. The predicted molar refractivity (Wildman–Crippen MR) is 83.0 cm³/mol. The molecule has 2 amide bonds. The second kappa shape index (κ2) is 5.46. The molecule has 3 rings (SSSR count). The van der Waals surface area contributed by atoms with E-state index in [1.807, 2.05) is 6.92 Å². The zero-order chi connectivity index (χ0) is 15.9. The summed E-state index contributed by atoms with van der Waals surface area (Å²) in [5.41, 5.74) is 2.26. The monoisotopic (exact) mass is 318 g/mol. The number of nitrogens with one attached hydrogen (secondary N) is 2. The normalized spacial score (nSPS) is 16.9. The Morgan fingerprint density at radius 3 is 2.77 bits per heavy atom. The first kappa shape index (κ1) is 14.6. The van der Waals surface area contributed by atoms with Crippen LogP contribution in [0, 0.1) is 6.92 Å². The lowest BCUT2D eigenvalue weighted by molar-refractivity contribution is -0.118. The molecule has 2 aromatic rings. The quantitative estimate of drug-likeness (QED) is 0.884. The van der Waals surface area contributed by atoms with Gasteiger partial charge in [-0.1, -0.05) is 11.6 Å². The molecule has 0 fully saturated rings. The minimum absolute atomic E-state index is 0.238. The van der Waals surface area contributed by atoms with Crippen molar-refractivity contribution in [2.24, 2.45) is 7.05 Å². The van der Waals surface area contributed by atoms with E-state index < -0.39 is 6.04 Å². The van der Waals surface area contributed by atoms with Gasteiger partial charge >= 0.3 is 0 Å². The maximum absolute atomic E-state index is 12.2. The fourth-order valence-electron chi connectivity index (χ4n) is 2.56. The summed E-state index contributed by atoms with van der Waals surface area (Å²) >= 11 is 5.80. The third-order valence-corrected chi connectivity index (χ3v) is 3.98. The van der Waals surface area contributed by atoms with Gasteiger partial charge in [0.05, 0.1) is 5.69 Å². The van der Waals surface area contributed by atoms with Crippen LogP contribution >= 0.6 is 11.6 Å². The molecule has 1 unspecified atom stereocenters. The number of aromatic nitrogens is 2. The van der Waals surface area contributed by atoms with Gasteiger partial charge in [-0.15, -0.1) is 0 Å². The molecule has 2 N–H and O–H groups in total. The van der Waals surface area contributed by atoms with E-state index in [1.165, 1.54) is 0 Å². The van der Waals surface area contributed by atoms with Crippen molar-refractivity contribution in [3.05, 3.63) is 46.1 Å². The van der Waals surface area contributed by atoms with E-state index in [0.29, 0.717) is 22.8 Å². The standard InChI is InChI=1S/C15H15ClN4O2/c1-8-11-7-12(15(22)18-13(11)20(2)19-8)17-14(21)9-3-5-10(16)6-4-9/h3-6,12H,7H2,1-2H3,(H,17,21)(H,18,22). The third kappa shape index (κ3) is 2.57. The van der Waals surface area contributed by atoms with Crippen LogP contribution in [-0.2, 0) is 18.3 Å². The molecule has 22 heavy (non-hydrogen) atoms. The molecule has 2 heterocycles. The number of carbonyl (C=O) groups excluding carboxylic acids is 2. The van der Waals surface area contributed by atoms with Crippen LogP contribution in [0.2, 0.25) is 5.02 Å². The van der Waals surface area contributed by atoms with E-state index in [1.54, 1.807) is 36.0 Å². The smallest absolute Gasteiger partial charge is 0.251 e. The van der Waals surface area contributed by atoms with E-state index in [4.69, 9.17) is 11.6 Å². The van der Waals surface area contributed by atoms with E-state index in [0.717, 1.165) is 11.3 Å². The van der Waals surface area contributed by atoms with Crippen LogP contribution in [0.3, 0.4) is 0 Å². The molecule has 0 aliphatic carbocycles. The SMILES string of the molecule is Cc1nn(C)c2c1CC(NC(=O)c1ccc(Cl)cc1)C(=O)N2. The van der Waals surface area contributed by atoms with Crippen molar-refractivity contribution in [3.8, 4) is 0 Å². The maximum atomic E-state index is 12.2. The van der Waals surface area contributed by atoms with Crippen LogP contribution in [0.15, 0.2) is 24.3 Å². The van der Waals surface area contributed by atoms with Crippen molar-refractivity contribution < 1.29 is 9.59 Å². The summed E-state index contributed by atoms with van der Waals surface area (Å²) in [6.45, 7) is 1.88. The summed E-state index contributed by atoms with van der Waals surface area (Å²) in [5.74, 6) is 0.152. The fraction of sp³-hybridized carbons (Fsp3) is 0.267. The molecule has 0 bridgehead atoms. The second-order valence-electron chi connectivity index (χ2n) is 5.26. The molecule has 114 valence electrons. The third-order valence-electron chi connectivity index (χ3n) is 3.72. The zero-order valence-electron chi connectivity index (χ0n) is 12.2. The van der Waals surface area contributed by atoms with Gasteiger partial charge in [0.2, 0.25) is 5.91 Å². The molecule has 1 atom stereocenters. The molecule has 0 spiro atoms. The average molecular weight is 319 g/mol. The van der Waals surface area contributed by atoms with Gasteiger partial charge in [-0.3, -0.25) is 14.3 Å². The van der Waals surface area contributed by atoms with Crippen molar-refractivity contribution in [1.29, 1.82) is 0 Å². The largest absolute Gasteiger partial charge is 0.340 e. The van der Waals surface area contributed by atoms with E-state index in [2.05, 4.69) is 15.7 Å². The van der Waals surface area contributed by atoms with Crippen LogP contribution in [0.25, 0.3) is 0 Å². The summed E-state index contributed by atoms with van der Waals surface area (Å²) in [5, 5.41) is 10.4. The predicted octanol–water partition coefficient (Wildman–Crippen LogP) is 1.68. The molecule has 7 heteroatoms. The molecule has 1 aromatic heterocycles. The fourth-order valence-corrected chi connectivity index (χ4v) is 2.69. The number of fused-ring (bicyclic) bond motifs is 1. The molecular weight excluding hydrogens is 304 g/mol. The van der Waals surface area contributed by atoms with Crippen molar-refractivity contribution in [1.82, 2.24) is 15.1 Å². The highest BCUT2D eigenvalue weighted by Gasteiger charge is 2.31. The lowest BCUT2D eigenvalue weighted by atomic mass is 10.0. The highest BCUT2D eigenvalue weighted by atomic mass is 35.5. The molecule has 1 aliphatic heterocycles. The lowest BCUT2D eigenvalue weighted by Crippen LogP contribution is -2.47. The van der Waals surface area contributed by atoms with Gasteiger partial charge in [0, 0.05) is 29.6 Å². The van der Waals surface area contributed by atoms with Crippen LogP contribution in [0.1, 0.15) is 21.6 Å². The minimum Gasteiger partial charge on any atom is -0.340 e. The van der Waals surface area contributed by atoms with Crippen LogP contribution in [-0.4, -0.2) is 27.6 Å². The van der Waals surface area contributed by atoms with Gasteiger partial charge in [-0.25, -0.2) is 0 Å². The van der Waals surface area contributed by atoms with Crippen molar-refractivity contribution in [2.45, 2.75) is 19.4 Å². The van der Waals surface area contributed by atoms with E-state index in [9.17, 15) is 9.59 Å². The number of halogens is 1. The molecule has 1 aromatic carbocycles. The van der Waals surface area contributed by atoms with Gasteiger partial charge in [0.1, 0.15) is 11.9 Å². The number of hydrogen-bond donors (Lipinski definition) is 2. The van der Waals surface area contributed by atoms with Gasteiger partial charge in [-0.05, 0) is 31.2 Å². The molecule has 0 saturated carbocycles. The molecule has 0 saturated heterocycles. The molecule has 0 radical (unpaired) electrons. The number of carbonyl (C=O) groups is 2. The number of hydrogen-bond acceptors (Lipinski definition) is 3. The number of nitrogens with zero attached hydrogens (tertiary/aromatic N) is 2. The highest BCUT2D eigenvalue weighted by Crippen LogP contribution is 2.25. The number of amides is 2. The highest BCUT2D eigenvalue weighted by molar-refractivity contribution is 6.30. The average Bonchev–Trinajstić information content (AvgIpc) is 2.74. The summed E-state index contributed by atoms with van der Waals surface area (Å²) in [6.07, 6.45) is 0.431. The van der Waals surface area contributed by atoms with E-state index in [-0.39, 0.29) is 11.8 Å². The molecule has 1 aliphatic rings. The van der Waals surface area contributed by atoms with Crippen LogP contribution < -0.4 is 10.6 Å². The first-order chi connectivity index (χ1) is 10.5. The summed E-state index contributed by atoms with van der Waals surface area (Å²) in [6, 6.07) is 5.92. The van der Waals surface area contributed by atoms with Crippen molar-refractivity contribution >= 4 is 29.2 Å². The lowest BCUT2D eigenvalue weighted by Gasteiger charge is -2.23. The van der Waals surface area contributed by atoms with Crippen LogP contribution in [0.5, 0.6) is 0 Å². The van der Waals surface area contributed by atoms with Crippen LogP contribution in [0.4, 0.5) is 5.82 Å². The number of aryl methyl sites for hydroxylation is 2. The zero-order valence-corrected chi connectivity index (χ0v) is 12.9. The van der Waals surface area contributed by atoms with E-state index >= 15 is 0 Å².